The van der Waals surface area contributed by atoms with Crippen LogP contribution in [0.2, 0.25) is 0 Å². The predicted molar refractivity (Wildman–Crippen MR) is 50.8 cm³/mol. The molecule has 0 aliphatic carbocycles. The van der Waals surface area contributed by atoms with Crippen LogP contribution in [0.4, 0.5) is 5.69 Å². The molecular formula is C9H11N2O4+. The summed E-state index contributed by atoms with van der Waals surface area (Å²) in [6, 6.07) is 4.89. The number of rotatable bonds is 4. The normalized spacial score (nSPS) is 12.1. The zero-order valence-corrected chi connectivity index (χ0v) is 7.83. The Morgan fingerprint density at radius 3 is 2.33 bits per heavy atom. The molecule has 0 aliphatic rings. The number of carbonyl (C=O) groups is 1. The molecule has 0 saturated heterocycles. The first kappa shape index (κ1) is 11.1. The smallest absolute Gasteiger partial charge is 0.320 e. The molecule has 0 aliphatic heterocycles. The van der Waals surface area contributed by atoms with E-state index in [1.54, 1.807) is 12.1 Å². The van der Waals surface area contributed by atoms with E-state index < -0.39 is 12.0 Å². The van der Waals surface area contributed by atoms with Gasteiger partial charge in [-0.1, -0.05) is 12.1 Å². The first-order chi connectivity index (χ1) is 7.00. The van der Waals surface area contributed by atoms with Crippen LogP contribution in [0, 0.1) is 4.91 Å². The fraction of sp³-hybridized carbons (Fsp3) is 0.222. The highest BCUT2D eigenvalue weighted by Crippen LogP contribution is 2.12. The Balaban J connectivity index is 2.72. The summed E-state index contributed by atoms with van der Waals surface area (Å²) in [4.78, 5) is 20.6. The molecule has 0 aromatic heterocycles. The Kier molecular flexibility index (Phi) is 3.35. The van der Waals surface area contributed by atoms with E-state index in [-0.39, 0.29) is 17.0 Å². The van der Waals surface area contributed by atoms with E-state index >= 15 is 0 Å². The number of hydrogen-bond donors (Lipinski definition) is 3. The molecule has 0 radical (unpaired) electrons. The number of benzene rings is 1. The molecule has 4 N–H and O–H groups in total. The molecule has 6 nitrogen and oxygen atoms in total. The van der Waals surface area contributed by atoms with Gasteiger partial charge in [0.15, 0.2) is 0 Å². The summed E-state index contributed by atoms with van der Waals surface area (Å²) in [6.07, 6.45) is 0.180. The number of nitrogens with zero attached hydrogens (tertiary/aromatic N) is 1. The lowest BCUT2D eigenvalue weighted by atomic mass is 10.1. The number of nitrogens with two attached hydrogens (primary N) is 1. The van der Waals surface area contributed by atoms with Crippen molar-refractivity contribution >= 4 is 11.7 Å². The highest BCUT2D eigenvalue weighted by Gasteiger charge is 2.14. The summed E-state index contributed by atoms with van der Waals surface area (Å²) in [5.41, 5.74) is 6.10. The van der Waals surface area contributed by atoms with Crippen LogP contribution in [0.15, 0.2) is 24.3 Å². The number of hydrogen-bond acceptors (Lipinski definition) is 3. The lowest BCUT2D eigenvalue weighted by Crippen LogP contribution is -2.32. The fourth-order valence-electron chi connectivity index (χ4n) is 1.10. The van der Waals surface area contributed by atoms with Crippen molar-refractivity contribution in [3.63, 3.8) is 0 Å². The Morgan fingerprint density at radius 2 is 1.93 bits per heavy atom. The van der Waals surface area contributed by atoms with E-state index in [0.717, 1.165) is 0 Å². The molecule has 1 aromatic rings. The second-order valence-electron chi connectivity index (χ2n) is 3.09. The van der Waals surface area contributed by atoms with E-state index in [4.69, 9.17) is 16.0 Å². The molecule has 0 heterocycles. The van der Waals surface area contributed by atoms with Crippen LogP contribution in [0.5, 0.6) is 0 Å². The summed E-state index contributed by atoms with van der Waals surface area (Å²) in [6.45, 7) is 0. The van der Waals surface area contributed by atoms with E-state index in [1.165, 1.54) is 12.1 Å². The minimum Gasteiger partial charge on any atom is -0.480 e. The van der Waals surface area contributed by atoms with Gasteiger partial charge in [-0.25, -0.2) is 5.21 Å². The first-order valence-electron chi connectivity index (χ1n) is 4.24. The van der Waals surface area contributed by atoms with Crippen LogP contribution >= 0.6 is 0 Å². The van der Waals surface area contributed by atoms with Crippen LogP contribution in [-0.2, 0) is 11.2 Å². The van der Waals surface area contributed by atoms with Crippen molar-refractivity contribution in [2.45, 2.75) is 12.5 Å². The molecule has 1 aromatic carbocycles. The minimum absolute atomic E-state index is 0.0858. The second kappa shape index (κ2) is 4.52. The third-order valence-electron chi connectivity index (χ3n) is 1.93. The number of carboxylic acid groups (broad SMARTS) is 1. The second-order valence-corrected chi connectivity index (χ2v) is 3.09. The van der Waals surface area contributed by atoms with Gasteiger partial charge in [0.2, 0.25) is 0 Å². The molecule has 80 valence electrons. The fourth-order valence-corrected chi connectivity index (χ4v) is 1.10. The van der Waals surface area contributed by atoms with Gasteiger partial charge in [0.1, 0.15) is 6.04 Å². The van der Waals surface area contributed by atoms with E-state index in [9.17, 15) is 9.70 Å². The maximum absolute atomic E-state index is 10.5. The third-order valence-corrected chi connectivity index (χ3v) is 1.93. The van der Waals surface area contributed by atoms with Crippen LogP contribution in [0.3, 0.4) is 0 Å². The SMILES string of the molecule is N[C@H](Cc1ccc([N+](=O)O)cc1)C(=O)O. The van der Waals surface area contributed by atoms with Gasteiger partial charge in [-0.3, -0.25) is 4.79 Å². The van der Waals surface area contributed by atoms with Crippen molar-refractivity contribution in [3.05, 3.63) is 34.7 Å². The molecular weight excluding hydrogens is 200 g/mol. The van der Waals surface area contributed by atoms with Crippen molar-refractivity contribution in [2.24, 2.45) is 5.73 Å². The van der Waals surface area contributed by atoms with Gasteiger partial charge >= 0.3 is 11.7 Å². The monoisotopic (exact) mass is 211 g/mol. The summed E-state index contributed by atoms with van der Waals surface area (Å²) < 4.78 is 0. The summed E-state index contributed by atoms with van der Waals surface area (Å²) in [5, 5.41) is 17.1. The summed E-state index contributed by atoms with van der Waals surface area (Å²) in [5.74, 6) is -1.08. The molecule has 1 atom stereocenters. The van der Waals surface area contributed by atoms with Gasteiger partial charge in [-0.05, 0) is 12.0 Å². The van der Waals surface area contributed by atoms with Crippen LogP contribution in [0.25, 0.3) is 0 Å². The molecule has 15 heavy (non-hydrogen) atoms. The Hall–Kier alpha value is -1.95. The quantitative estimate of drug-likeness (QED) is 0.627. The van der Waals surface area contributed by atoms with Crippen molar-refractivity contribution < 1.29 is 20.0 Å². The molecule has 0 amide bonds. The van der Waals surface area contributed by atoms with Crippen molar-refractivity contribution in [2.75, 3.05) is 0 Å². The molecule has 0 spiro atoms. The van der Waals surface area contributed by atoms with Crippen molar-refractivity contribution in [1.29, 1.82) is 0 Å². The highest BCUT2D eigenvalue weighted by molar-refractivity contribution is 5.73. The molecule has 6 heteroatoms. The average Bonchev–Trinajstić information content (AvgIpc) is 2.18. The lowest BCUT2D eigenvalue weighted by Gasteiger charge is -2.04. The largest absolute Gasteiger partial charge is 0.480 e. The third kappa shape index (κ3) is 3.03. The number of carboxylic acids is 1. The maximum atomic E-state index is 10.5. The van der Waals surface area contributed by atoms with E-state index in [0.29, 0.717) is 5.56 Å². The summed E-state index contributed by atoms with van der Waals surface area (Å²) >= 11 is 0. The van der Waals surface area contributed by atoms with Crippen molar-refractivity contribution in [3.8, 4) is 0 Å². The number of aliphatic carboxylic acids is 1. The van der Waals surface area contributed by atoms with Gasteiger partial charge in [0.05, 0.1) is 4.91 Å². The Morgan fingerprint density at radius 1 is 1.40 bits per heavy atom. The zero-order chi connectivity index (χ0) is 11.4. The van der Waals surface area contributed by atoms with Gasteiger partial charge in [-0.15, -0.1) is 0 Å². The van der Waals surface area contributed by atoms with E-state index in [1.807, 2.05) is 0 Å². The van der Waals surface area contributed by atoms with Crippen LogP contribution < -0.4 is 5.73 Å². The van der Waals surface area contributed by atoms with Gasteiger partial charge in [0.25, 0.3) is 4.92 Å². The van der Waals surface area contributed by atoms with Crippen LogP contribution in [0.1, 0.15) is 5.56 Å². The molecule has 0 bridgehead atoms. The Bertz CT molecular complexity index is 374. The minimum atomic E-state index is -1.08. The molecule has 0 saturated carbocycles. The Labute approximate surface area is 85.5 Å². The van der Waals surface area contributed by atoms with Gasteiger partial charge in [0, 0.05) is 12.1 Å². The predicted octanol–water partition coefficient (Wildman–Crippen LogP) is 0.441. The van der Waals surface area contributed by atoms with Gasteiger partial charge < -0.3 is 10.8 Å². The standard InChI is InChI=1S/C9H10N2O4/c10-8(9(12)13)5-6-1-3-7(4-2-6)11(14)15/h1-4,8H,5,10H2,(H-,12,13,14,15)/p+1/t8-/m1/s1. The van der Waals surface area contributed by atoms with E-state index in [2.05, 4.69) is 0 Å². The van der Waals surface area contributed by atoms with Crippen LogP contribution in [-0.4, -0.2) is 27.2 Å². The maximum Gasteiger partial charge on any atom is 0.320 e. The van der Waals surface area contributed by atoms with Crippen molar-refractivity contribution in [1.82, 2.24) is 0 Å². The zero-order valence-electron chi connectivity index (χ0n) is 7.83. The molecule has 0 unspecified atom stereocenters. The highest BCUT2D eigenvalue weighted by atomic mass is 16.6. The summed E-state index contributed by atoms with van der Waals surface area (Å²) in [7, 11) is 0. The molecule has 0 fully saturated rings. The topological polar surface area (TPSA) is 104 Å². The average molecular weight is 211 g/mol. The first-order valence-corrected chi connectivity index (χ1v) is 4.24. The lowest BCUT2D eigenvalue weighted by molar-refractivity contribution is -0.729. The molecule has 1 rings (SSSR count). The van der Waals surface area contributed by atoms with Gasteiger partial charge in [-0.2, -0.15) is 0 Å².